The highest BCUT2D eigenvalue weighted by Crippen LogP contribution is 2.19. The van der Waals surface area contributed by atoms with Crippen molar-refractivity contribution in [2.45, 2.75) is 38.5 Å². The minimum Gasteiger partial charge on any atom is -0.338 e. The number of rotatable bonds is 6. The smallest absolute Gasteiger partial charge is 0.338 e. The molecule has 10 heteroatoms. The maximum atomic E-state index is 12.5. The molecule has 5 nitrogen and oxygen atoms in total. The van der Waals surface area contributed by atoms with Crippen molar-refractivity contribution in [3.05, 3.63) is 18.2 Å². The standard InChI is InChI=1S/C14H21F3N4O.2ClH/c1-20(13(22)3-2-11-4-5-18-8-11)9-12-19-6-7-21(12)10-14(15,16)17;;/h6-7,11,18H,2-5,8-10H2,1H3;2*1H. The van der Waals surface area contributed by atoms with Crippen molar-refractivity contribution in [2.24, 2.45) is 5.92 Å². The number of amides is 1. The van der Waals surface area contributed by atoms with E-state index in [1.807, 2.05) is 0 Å². The number of hydrogen-bond donors (Lipinski definition) is 1. The van der Waals surface area contributed by atoms with Crippen molar-refractivity contribution < 1.29 is 18.0 Å². The summed E-state index contributed by atoms with van der Waals surface area (Å²) in [5.74, 6) is 0.703. The Morgan fingerprint density at radius 1 is 1.46 bits per heavy atom. The molecule has 140 valence electrons. The zero-order valence-electron chi connectivity index (χ0n) is 13.4. The molecule has 1 aromatic rings. The third kappa shape index (κ3) is 7.27. The molecule has 1 aromatic heterocycles. The lowest BCUT2D eigenvalue weighted by Gasteiger charge is -2.19. The maximum Gasteiger partial charge on any atom is 0.406 e. The number of halogens is 5. The SMILES string of the molecule is CN(Cc1nccn1CC(F)(F)F)C(=O)CCC1CCNC1.Cl.Cl. The van der Waals surface area contributed by atoms with Crippen LogP contribution in [0.2, 0.25) is 0 Å². The number of carbonyl (C=O) groups is 1. The van der Waals surface area contributed by atoms with E-state index in [4.69, 9.17) is 0 Å². The van der Waals surface area contributed by atoms with Crippen LogP contribution in [0.4, 0.5) is 13.2 Å². The van der Waals surface area contributed by atoms with E-state index in [9.17, 15) is 18.0 Å². The number of alkyl halides is 3. The van der Waals surface area contributed by atoms with Crippen LogP contribution in [-0.4, -0.2) is 46.7 Å². The predicted molar refractivity (Wildman–Crippen MR) is 89.5 cm³/mol. The monoisotopic (exact) mass is 390 g/mol. The van der Waals surface area contributed by atoms with E-state index in [0.717, 1.165) is 30.5 Å². The van der Waals surface area contributed by atoms with Gasteiger partial charge in [-0.05, 0) is 31.8 Å². The van der Waals surface area contributed by atoms with Gasteiger partial charge in [0.15, 0.2) is 0 Å². The molecule has 1 aliphatic heterocycles. The van der Waals surface area contributed by atoms with Crippen molar-refractivity contribution in [1.82, 2.24) is 19.8 Å². The summed E-state index contributed by atoms with van der Waals surface area (Å²) in [6.07, 6.45) is 0.616. The Morgan fingerprint density at radius 2 is 2.17 bits per heavy atom. The third-order valence-corrected chi connectivity index (χ3v) is 3.88. The lowest BCUT2D eigenvalue weighted by atomic mass is 10.0. The number of hydrogen-bond acceptors (Lipinski definition) is 3. The summed E-state index contributed by atoms with van der Waals surface area (Å²) in [5, 5.41) is 3.25. The molecule has 0 bridgehead atoms. The first-order chi connectivity index (χ1) is 10.3. The molecule has 24 heavy (non-hydrogen) atoms. The Labute approximate surface area is 151 Å². The van der Waals surface area contributed by atoms with Crippen LogP contribution in [0.1, 0.15) is 25.1 Å². The second-order valence-electron chi connectivity index (χ2n) is 5.73. The van der Waals surface area contributed by atoms with E-state index in [1.54, 1.807) is 7.05 Å². The van der Waals surface area contributed by atoms with Crippen molar-refractivity contribution in [3.8, 4) is 0 Å². The van der Waals surface area contributed by atoms with Crippen LogP contribution in [0.3, 0.4) is 0 Å². The minimum atomic E-state index is -4.30. The van der Waals surface area contributed by atoms with Gasteiger partial charge in [-0.2, -0.15) is 13.2 Å². The molecule has 1 aliphatic rings. The van der Waals surface area contributed by atoms with E-state index >= 15 is 0 Å². The fourth-order valence-corrected chi connectivity index (χ4v) is 2.61. The van der Waals surface area contributed by atoms with E-state index in [1.165, 1.54) is 17.3 Å². The van der Waals surface area contributed by atoms with Gasteiger partial charge in [-0.1, -0.05) is 0 Å². The molecule has 1 unspecified atom stereocenters. The lowest BCUT2D eigenvalue weighted by Crippen LogP contribution is -2.29. The molecule has 0 aliphatic carbocycles. The van der Waals surface area contributed by atoms with Gasteiger partial charge >= 0.3 is 6.18 Å². The fourth-order valence-electron chi connectivity index (χ4n) is 2.61. The van der Waals surface area contributed by atoms with Crippen molar-refractivity contribution in [2.75, 3.05) is 20.1 Å². The Balaban J connectivity index is 0.00000264. The molecule has 0 saturated carbocycles. The largest absolute Gasteiger partial charge is 0.406 e. The van der Waals surface area contributed by atoms with Crippen LogP contribution in [0, 0.1) is 5.92 Å². The normalized spacial score (nSPS) is 17.1. The Kier molecular flexibility index (Phi) is 9.69. The van der Waals surface area contributed by atoms with Gasteiger partial charge in [-0.3, -0.25) is 4.79 Å². The van der Waals surface area contributed by atoms with Gasteiger partial charge in [0.05, 0.1) is 6.54 Å². The Hall–Kier alpha value is -0.990. The average molecular weight is 391 g/mol. The van der Waals surface area contributed by atoms with Gasteiger partial charge < -0.3 is 14.8 Å². The van der Waals surface area contributed by atoms with E-state index in [2.05, 4.69) is 10.3 Å². The molecule has 0 radical (unpaired) electrons. The van der Waals surface area contributed by atoms with E-state index < -0.39 is 12.7 Å². The predicted octanol–water partition coefficient (Wildman–Crippen LogP) is 2.64. The van der Waals surface area contributed by atoms with Gasteiger partial charge in [0.25, 0.3) is 0 Å². The summed E-state index contributed by atoms with van der Waals surface area (Å²) >= 11 is 0. The molecule has 1 atom stereocenters. The van der Waals surface area contributed by atoms with Crippen molar-refractivity contribution in [3.63, 3.8) is 0 Å². The number of carbonyl (C=O) groups excluding carboxylic acids is 1. The number of imidazole rings is 1. The number of nitrogens with one attached hydrogen (secondary N) is 1. The quantitative estimate of drug-likeness (QED) is 0.811. The van der Waals surface area contributed by atoms with Gasteiger partial charge in [0.2, 0.25) is 5.91 Å². The molecular weight excluding hydrogens is 368 g/mol. The van der Waals surface area contributed by atoms with Gasteiger partial charge in [-0.25, -0.2) is 4.98 Å². The zero-order valence-corrected chi connectivity index (χ0v) is 15.0. The highest BCUT2D eigenvalue weighted by Gasteiger charge is 2.29. The van der Waals surface area contributed by atoms with Crippen LogP contribution < -0.4 is 5.32 Å². The third-order valence-electron chi connectivity index (χ3n) is 3.88. The lowest BCUT2D eigenvalue weighted by molar-refractivity contribution is -0.141. The topological polar surface area (TPSA) is 50.2 Å². The average Bonchev–Trinajstić information content (AvgIpc) is 3.06. The minimum absolute atomic E-state index is 0. The highest BCUT2D eigenvalue weighted by molar-refractivity contribution is 5.85. The van der Waals surface area contributed by atoms with Crippen LogP contribution in [0.15, 0.2) is 12.4 Å². The highest BCUT2D eigenvalue weighted by atomic mass is 35.5. The fraction of sp³-hybridized carbons (Fsp3) is 0.714. The molecule has 1 amide bonds. The van der Waals surface area contributed by atoms with Crippen LogP contribution in [0.5, 0.6) is 0 Å². The first kappa shape index (κ1) is 23.0. The second-order valence-corrected chi connectivity index (χ2v) is 5.73. The number of aromatic nitrogens is 2. The van der Waals surface area contributed by atoms with Crippen molar-refractivity contribution >= 4 is 30.7 Å². The summed E-state index contributed by atoms with van der Waals surface area (Å²) in [5.41, 5.74) is 0. The molecular formula is C14H23Cl2F3N4O. The Bertz CT molecular complexity index is 504. The summed E-state index contributed by atoms with van der Waals surface area (Å²) in [7, 11) is 1.60. The molecule has 0 aromatic carbocycles. The van der Waals surface area contributed by atoms with E-state index in [0.29, 0.717) is 12.3 Å². The summed E-state index contributed by atoms with van der Waals surface area (Å²) in [6, 6.07) is 0. The second kappa shape index (κ2) is 10.1. The van der Waals surface area contributed by atoms with Crippen LogP contribution in [-0.2, 0) is 17.9 Å². The summed E-state index contributed by atoms with van der Waals surface area (Å²) in [4.78, 5) is 17.4. The maximum absolute atomic E-state index is 12.5. The van der Waals surface area contributed by atoms with Crippen LogP contribution in [0.25, 0.3) is 0 Å². The Morgan fingerprint density at radius 3 is 2.75 bits per heavy atom. The molecule has 0 spiro atoms. The van der Waals surface area contributed by atoms with Crippen LogP contribution >= 0.6 is 24.8 Å². The molecule has 1 saturated heterocycles. The van der Waals surface area contributed by atoms with Gasteiger partial charge in [-0.15, -0.1) is 24.8 Å². The van der Waals surface area contributed by atoms with Gasteiger partial charge in [0, 0.05) is 25.9 Å². The summed E-state index contributed by atoms with van der Waals surface area (Å²) in [6.45, 7) is 0.930. The first-order valence-corrected chi connectivity index (χ1v) is 7.36. The van der Waals surface area contributed by atoms with Crippen molar-refractivity contribution in [1.29, 1.82) is 0 Å². The van der Waals surface area contributed by atoms with E-state index in [-0.39, 0.29) is 43.1 Å². The molecule has 2 heterocycles. The van der Waals surface area contributed by atoms with Gasteiger partial charge in [0.1, 0.15) is 12.4 Å². The molecule has 1 fully saturated rings. The first-order valence-electron chi connectivity index (χ1n) is 7.36. The zero-order chi connectivity index (χ0) is 16.2. The molecule has 1 N–H and O–H groups in total. The summed E-state index contributed by atoms with van der Waals surface area (Å²) < 4.78 is 38.4. The number of nitrogens with zero attached hydrogens (tertiary/aromatic N) is 3. The molecule has 2 rings (SSSR count).